The Morgan fingerprint density at radius 2 is 1.35 bits per heavy atom. The minimum absolute atomic E-state index is 0.0640. The van der Waals surface area contributed by atoms with E-state index in [1.54, 1.807) is 0 Å². The lowest BCUT2D eigenvalue weighted by atomic mass is 9.45. The Bertz CT molecular complexity index is 748. The second-order valence-electron chi connectivity index (χ2n) is 11.1. The maximum atomic E-state index is 11.9. The summed E-state index contributed by atoms with van der Waals surface area (Å²) in [6.45, 7) is 9.10. The van der Waals surface area contributed by atoms with Gasteiger partial charge in [0.1, 0.15) is 18.3 Å². The molecule has 0 aromatic carbocycles. The average Bonchev–Trinajstić information content (AvgIpc) is 2.92. The SMILES string of the molecule is CC(=O)O[C@H]1CC[C@@]2(C)[C@@H](CC[C@@H]3[C@H]2CC[C@]2(C)[C@H](OC(C)=O)[C@H](OC(C)=O)C[C@@H]32)C1. The molecule has 0 aromatic heterocycles. The fourth-order valence-corrected chi connectivity index (χ4v) is 8.22. The maximum Gasteiger partial charge on any atom is 0.303 e. The van der Waals surface area contributed by atoms with Crippen molar-refractivity contribution >= 4 is 17.9 Å². The van der Waals surface area contributed by atoms with Gasteiger partial charge in [0.05, 0.1) is 0 Å². The molecule has 0 spiro atoms. The summed E-state index contributed by atoms with van der Waals surface area (Å²) in [5, 5.41) is 0. The Kier molecular flexibility index (Phi) is 5.89. The molecule has 0 saturated heterocycles. The number of rotatable bonds is 3. The molecular formula is C25H38O6. The van der Waals surface area contributed by atoms with Crippen LogP contribution in [0.5, 0.6) is 0 Å². The minimum Gasteiger partial charge on any atom is -0.463 e. The van der Waals surface area contributed by atoms with Gasteiger partial charge in [-0.15, -0.1) is 0 Å². The largest absolute Gasteiger partial charge is 0.463 e. The first kappa shape index (κ1) is 22.6. The normalized spacial score (nSPS) is 46.2. The molecule has 9 atom stereocenters. The van der Waals surface area contributed by atoms with Gasteiger partial charge in [-0.2, -0.15) is 0 Å². The standard InChI is InChI=1S/C25H38O6/c1-14(26)29-18-8-10-24(4)17(12-18)6-7-19-20(24)9-11-25(5)21(19)13-22(30-15(2)27)23(25)31-16(3)28/h17-23H,6-13H2,1-5H3/t17-,18-,19+,20+,21-,22+,23+,24-,25-/m0/s1. The summed E-state index contributed by atoms with van der Waals surface area (Å²) in [4.78, 5) is 35.1. The van der Waals surface area contributed by atoms with Gasteiger partial charge in [-0.05, 0) is 80.5 Å². The maximum absolute atomic E-state index is 11.9. The first-order chi connectivity index (χ1) is 14.5. The predicted molar refractivity (Wildman–Crippen MR) is 114 cm³/mol. The third-order valence-corrected chi connectivity index (χ3v) is 9.47. The number of ether oxygens (including phenoxy) is 3. The molecule has 6 heteroatoms. The first-order valence-electron chi connectivity index (χ1n) is 12.1. The molecule has 0 aromatic rings. The zero-order chi connectivity index (χ0) is 22.6. The minimum atomic E-state index is -0.356. The molecule has 4 aliphatic carbocycles. The van der Waals surface area contributed by atoms with Gasteiger partial charge in [-0.3, -0.25) is 14.4 Å². The van der Waals surface area contributed by atoms with E-state index in [1.807, 2.05) is 0 Å². The van der Waals surface area contributed by atoms with E-state index in [4.69, 9.17) is 14.2 Å². The summed E-state index contributed by atoms with van der Waals surface area (Å²) in [5.74, 6) is 1.39. The van der Waals surface area contributed by atoms with Crippen molar-refractivity contribution in [2.75, 3.05) is 0 Å². The zero-order valence-electron chi connectivity index (χ0n) is 19.6. The topological polar surface area (TPSA) is 78.9 Å². The average molecular weight is 435 g/mol. The Morgan fingerprint density at radius 3 is 2.00 bits per heavy atom. The van der Waals surface area contributed by atoms with Crippen LogP contribution in [-0.4, -0.2) is 36.2 Å². The van der Waals surface area contributed by atoms with Crippen molar-refractivity contribution < 1.29 is 28.6 Å². The summed E-state index contributed by atoms with van der Waals surface area (Å²) in [5.41, 5.74) is 0.114. The molecule has 0 N–H and O–H groups in total. The Morgan fingerprint density at radius 1 is 0.710 bits per heavy atom. The lowest BCUT2D eigenvalue weighted by molar-refractivity contribution is -0.177. The monoisotopic (exact) mass is 434 g/mol. The van der Waals surface area contributed by atoms with Crippen molar-refractivity contribution in [1.82, 2.24) is 0 Å². The molecule has 0 radical (unpaired) electrons. The molecule has 0 bridgehead atoms. The molecule has 4 saturated carbocycles. The van der Waals surface area contributed by atoms with E-state index in [1.165, 1.54) is 20.8 Å². The predicted octanol–water partition coefficient (Wildman–Crippen LogP) is 4.43. The molecule has 0 aliphatic heterocycles. The van der Waals surface area contributed by atoms with Crippen LogP contribution in [0.25, 0.3) is 0 Å². The van der Waals surface area contributed by atoms with Crippen LogP contribution in [0.3, 0.4) is 0 Å². The van der Waals surface area contributed by atoms with Gasteiger partial charge >= 0.3 is 17.9 Å². The van der Waals surface area contributed by atoms with Crippen molar-refractivity contribution in [3.05, 3.63) is 0 Å². The fourth-order valence-electron chi connectivity index (χ4n) is 8.22. The highest BCUT2D eigenvalue weighted by Crippen LogP contribution is 2.67. The van der Waals surface area contributed by atoms with Crippen LogP contribution in [0, 0.1) is 34.5 Å². The third kappa shape index (κ3) is 3.89. The molecule has 31 heavy (non-hydrogen) atoms. The number of esters is 3. The molecule has 0 unspecified atom stereocenters. The van der Waals surface area contributed by atoms with E-state index in [2.05, 4.69) is 13.8 Å². The van der Waals surface area contributed by atoms with Crippen molar-refractivity contribution in [2.45, 2.75) is 104 Å². The molecular weight excluding hydrogens is 396 g/mol. The Labute approximate surface area is 185 Å². The highest BCUT2D eigenvalue weighted by atomic mass is 16.6. The second kappa shape index (κ2) is 8.08. The second-order valence-corrected chi connectivity index (χ2v) is 11.1. The summed E-state index contributed by atoms with van der Waals surface area (Å²) >= 11 is 0. The van der Waals surface area contributed by atoms with E-state index in [0.717, 1.165) is 51.4 Å². The lowest BCUT2D eigenvalue weighted by Gasteiger charge is -2.60. The van der Waals surface area contributed by atoms with Crippen molar-refractivity contribution in [2.24, 2.45) is 34.5 Å². The van der Waals surface area contributed by atoms with Gasteiger partial charge in [-0.1, -0.05) is 13.8 Å². The van der Waals surface area contributed by atoms with Crippen LogP contribution in [0.15, 0.2) is 0 Å². The molecule has 4 rings (SSSR count). The van der Waals surface area contributed by atoms with Crippen LogP contribution in [-0.2, 0) is 28.6 Å². The van der Waals surface area contributed by atoms with E-state index < -0.39 is 0 Å². The quantitative estimate of drug-likeness (QED) is 0.483. The van der Waals surface area contributed by atoms with Crippen molar-refractivity contribution in [1.29, 1.82) is 0 Å². The summed E-state index contributed by atoms with van der Waals surface area (Å²) in [6, 6.07) is 0. The van der Waals surface area contributed by atoms with Gasteiger partial charge in [0.15, 0.2) is 0 Å². The van der Waals surface area contributed by atoms with Crippen LogP contribution in [0.2, 0.25) is 0 Å². The highest BCUT2D eigenvalue weighted by Gasteiger charge is 2.64. The first-order valence-corrected chi connectivity index (χ1v) is 12.1. The van der Waals surface area contributed by atoms with Crippen LogP contribution in [0.1, 0.15) is 86.0 Å². The van der Waals surface area contributed by atoms with Gasteiger partial charge in [0.2, 0.25) is 0 Å². The van der Waals surface area contributed by atoms with Gasteiger partial charge < -0.3 is 14.2 Å². The molecule has 4 fully saturated rings. The van der Waals surface area contributed by atoms with Crippen molar-refractivity contribution in [3.8, 4) is 0 Å². The van der Waals surface area contributed by atoms with Gasteiger partial charge in [0.25, 0.3) is 0 Å². The van der Waals surface area contributed by atoms with E-state index >= 15 is 0 Å². The molecule has 4 aliphatic rings. The number of hydrogen-bond acceptors (Lipinski definition) is 6. The highest BCUT2D eigenvalue weighted by molar-refractivity contribution is 5.67. The Balaban J connectivity index is 1.56. The molecule has 0 amide bonds. The van der Waals surface area contributed by atoms with Crippen LogP contribution >= 0.6 is 0 Å². The molecule has 0 heterocycles. The fraction of sp³-hybridized carbons (Fsp3) is 0.880. The van der Waals surface area contributed by atoms with Crippen LogP contribution in [0.4, 0.5) is 0 Å². The number of fused-ring (bicyclic) bond motifs is 5. The molecule has 174 valence electrons. The smallest absolute Gasteiger partial charge is 0.303 e. The lowest BCUT2D eigenvalue weighted by Crippen LogP contribution is -2.55. The Hall–Kier alpha value is -1.59. The van der Waals surface area contributed by atoms with E-state index in [0.29, 0.717) is 23.7 Å². The van der Waals surface area contributed by atoms with Crippen molar-refractivity contribution in [3.63, 3.8) is 0 Å². The summed E-state index contributed by atoms with van der Waals surface area (Å²) in [6.07, 6.45) is 7.58. The zero-order valence-corrected chi connectivity index (χ0v) is 19.6. The summed E-state index contributed by atoms with van der Waals surface area (Å²) in [7, 11) is 0. The van der Waals surface area contributed by atoms with Crippen LogP contribution < -0.4 is 0 Å². The van der Waals surface area contributed by atoms with E-state index in [-0.39, 0.29) is 47.0 Å². The van der Waals surface area contributed by atoms with Gasteiger partial charge in [0, 0.05) is 26.2 Å². The number of hydrogen-bond donors (Lipinski definition) is 0. The third-order valence-electron chi connectivity index (χ3n) is 9.47. The molecule has 6 nitrogen and oxygen atoms in total. The van der Waals surface area contributed by atoms with Gasteiger partial charge in [-0.25, -0.2) is 0 Å². The number of carbonyl (C=O) groups is 3. The summed E-state index contributed by atoms with van der Waals surface area (Å²) < 4.78 is 17.0. The number of carbonyl (C=O) groups excluding carboxylic acids is 3. The van der Waals surface area contributed by atoms with E-state index in [9.17, 15) is 14.4 Å².